The highest BCUT2D eigenvalue weighted by molar-refractivity contribution is 7.15. The number of carbonyl (C=O) groups excluding carboxylic acids is 2. The SMILES string of the molecule is CC(C(O)c1ccccc1)C(C)(O)C(=O)Nc1nnc(CCCCc2nnc(NC(=O)C(C)(O)C(C)(O)c3ccccc3)s2)s1. The lowest BCUT2D eigenvalue weighted by Gasteiger charge is -2.37. The van der Waals surface area contributed by atoms with Crippen molar-refractivity contribution in [3.63, 3.8) is 0 Å². The molecule has 0 fully saturated rings. The predicted molar refractivity (Wildman–Crippen MR) is 172 cm³/mol. The summed E-state index contributed by atoms with van der Waals surface area (Å²) in [5, 5.41) is 66.8. The van der Waals surface area contributed by atoms with Crippen molar-refractivity contribution in [2.24, 2.45) is 5.92 Å². The van der Waals surface area contributed by atoms with Crippen molar-refractivity contribution in [3.8, 4) is 0 Å². The fourth-order valence-corrected chi connectivity index (χ4v) is 6.08. The zero-order valence-electron chi connectivity index (χ0n) is 25.5. The Labute approximate surface area is 269 Å². The number of aliphatic hydroxyl groups excluding tert-OH is 1. The number of benzene rings is 2. The van der Waals surface area contributed by atoms with Gasteiger partial charge < -0.3 is 20.4 Å². The third kappa shape index (κ3) is 7.95. The van der Waals surface area contributed by atoms with Gasteiger partial charge in [-0.3, -0.25) is 20.2 Å². The van der Waals surface area contributed by atoms with E-state index in [1.54, 1.807) is 61.5 Å². The Bertz CT molecular complexity index is 1580. The number of carbonyl (C=O) groups is 2. The van der Waals surface area contributed by atoms with Crippen LogP contribution in [0.3, 0.4) is 0 Å². The van der Waals surface area contributed by atoms with Crippen LogP contribution in [0.5, 0.6) is 0 Å². The van der Waals surface area contributed by atoms with E-state index >= 15 is 0 Å². The summed E-state index contributed by atoms with van der Waals surface area (Å²) in [4.78, 5) is 25.8. The number of unbranched alkanes of at least 4 members (excludes halogenated alkanes) is 1. The summed E-state index contributed by atoms with van der Waals surface area (Å²) in [6.07, 6.45) is 1.65. The number of hydrogen-bond acceptors (Lipinski definition) is 12. The first-order valence-electron chi connectivity index (χ1n) is 14.5. The largest absolute Gasteiger partial charge is 0.388 e. The highest BCUT2D eigenvalue weighted by atomic mass is 32.1. The van der Waals surface area contributed by atoms with E-state index in [1.807, 2.05) is 6.07 Å². The van der Waals surface area contributed by atoms with Crippen LogP contribution in [0.15, 0.2) is 60.7 Å². The predicted octanol–water partition coefficient (Wildman–Crippen LogP) is 3.61. The van der Waals surface area contributed by atoms with Gasteiger partial charge in [-0.1, -0.05) is 90.3 Å². The van der Waals surface area contributed by atoms with E-state index in [0.717, 1.165) is 12.8 Å². The molecule has 12 nitrogen and oxygen atoms in total. The molecule has 0 spiro atoms. The Morgan fingerprint density at radius 1 is 0.756 bits per heavy atom. The minimum Gasteiger partial charge on any atom is -0.388 e. The van der Waals surface area contributed by atoms with E-state index in [9.17, 15) is 30.0 Å². The van der Waals surface area contributed by atoms with Crippen LogP contribution in [0.1, 0.15) is 67.8 Å². The zero-order chi connectivity index (χ0) is 32.8. The van der Waals surface area contributed by atoms with Crippen LogP contribution in [-0.4, -0.2) is 63.8 Å². The molecule has 14 heteroatoms. The summed E-state index contributed by atoms with van der Waals surface area (Å²) in [6, 6.07) is 17.3. The first-order chi connectivity index (χ1) is 21.2. The summed E-state index contributed by atoms with van der Waals surface area (Å²) in [5.41, 5.74) is -4.85. The number of nitrogens with one attached hydrogen (secondary N) is 2. The summed E-state index contributed by atoms with van der Waals surface area (Å²) < 4.78 is 0. The van der Waals surface area contributed by atoms with E-state index in [-0.39, 0.29) is 10.3 Å². The van der Waals surface area contributed by atoms with Crippen molar-refractivity contribution < 1.29 is 30.0 Å². The molecule has 0 aliphatic carbocycles. The zero-order valence-corrected chi connectivity index (χ0v) is 27.1. The second-order valence-electron chi connectivity index (χ2n) is 11.4. The number of aliphatic hydroxyl groups is 4. The monoisotopic (exact) mass is 654 g/mol. The average molecular weight is 655 g/mol. The number of hydrogen-bond donors (Lipinski definition) is 6. The van der Waals surface area contributed by atoms with Gasteiger partial charge in [0.25, 0.3) is 11.8 Å². The number of aryl methyl sites for hydroxylation is 2. The maximum atomic E-state index is 12.9. The molecule has 0 aliphatic rings. The fraction of sp³-hybridized carbons (Fsp3) is 0.419. The van der Waals surface area contributed by atoms with Gasteiger partial charge in [0, 0.05) is 18.8 Å². The van der Waals surface area contributed by atoms with Gasteiger partial charge in [-0.25, -0.2) is 0 Å². The van der Waals surface area contributed by atoms with Gasteiger partial charge in [-0.15, -0.1) is 20.4 Å². The topological polar surface area (TPSA) is 191 Å². The van der Waals surface area contributed by atoms with Crippen molar-refractivity contribution >= 4 is 44.8 Å². The molecule has 2 aromatic heterocycles. The van der Waals surface area contributed by atoms with Crippen molar-refractivity contribution in [3.05, 3.63) is 81.8 Å². The van der Waals surface area contributed by atoms with Crippen LogP contribution in [0.4, 0.5) is 10.3 Å². The molecule has 0 bridgehead atoms. The molecule has 6 N–H and O–H groups in total. The molecule has 0 aliphatic heterocycles. The van der Waals surface area contributed by atoms with Gasteiger partial charge in [0.1, 0.15) is 21.2 Å². The summed E-state index contributed by atoms with van der Waals surface area (Å²) in [7, 11) is 0. The maximum Gasteiger partial charge on any atom is 0.261 e. The molecule has 2 heterocycles. The lowest BCUT2D eigenvalue weighted by molar-refractivity contribution is -0.164. The quantitative estimate of drug-likeness (QED) is 0.110. The van der Waals surface area contributed by atoms with E-state index in [0.29, 0.717) is 34.0 Å². The number of aromatic nitrogens is 4. The Kier molecular flexibility index (Phi) is 10.8. The molecule has 5 atom stereocenters. The Hall–Kier alpha value is -3.66. The molecule has 5 unspecified atom stereocenters. The molecule has 4 aromatic rings. The first-order valence-corrected chi connectivity index (χ1v) is 16.1. The Morgan fingerprint density at radius 2 is 1.22 bits per heavy atom. The van der Waals surface area contributed by atoms with Crippen molar-refractivity contribution in [2.75, 3.05) is 10.6 Å². The smallest absolute Gasteiger partial charge is 0.261 e. The first kappa shape index (κ1) is 34.2. The molecular weight excluding hydrogens is 617 g/mol. The molecule has 2 amide bonds. The number of amides is 2. The van der Waals surface area contributed by atoms with Crippen molar-refractivity contribution in [1.29, 1.82) is 0 Å². The van der Waals surface area contributed by atoms with Crippen LogP contribution >= 0.6 is 22.7 Å². The van der Waals surface area contributed by atoms with E-state index in [1.165, 1.54) is 43.4 Å². The Balaban J connectivity index is 1.23. The van der Waals surface area contributed by atoms with Gasteiger partial charge >= 0.3 is 0 Å². The molecule has 0 saturated carbocycles. The molecule has 4 rings (SSSR count). The van der Waals surface area contributed by atoms with Crippen LogP contribution in [0.2, 0.25) is 0 Å². The number of nitrogens with zero attached hydrogens (tertiary/aromatic N) is 4. The Morgan fingerprint density at radius 3 is 1.73 bits per heavy atom. The van der Waals surface area contributed by atoms with Crippen LogP contribution in [0, 0.1) is 5.92 Å². The lowest BCUT2D eigenvalue weighted by atomic mass is 9.79. The molecular formula is C31H38N6O6S2. The maximum absolute atomic E-state index is 12.9. The molecule has 240 valence electrons. The van der Waals surface area contributed by atoms with Gasteiger partial charge in [0.2, 0.25) is 10.3 Å². The van der Waals surface area contributed by atoms with Gasteiger partial charge in [-0.2, -0.15) is 0 Å². The van der Waals surface area contributed by atoms with Crippen molar-refractivity contribution in [1.82, 2.24) is 20.4 Å². The minimum atomic E-state index is -2.14. The summed E-state index contributed by atoms with van der Waals surface area (Å²) in [5.74, 6) is -2.28. The van der Waals surface area contributed by atoms with Gasteiger partial charge in [0.15, 0.2) is 5.60 Å². The highest BCUT2D eigenvalue weighted by Crippen LogP contribution is 2.34. The molecule has 2 aromatic carbocycles. The molecule has 45 heavy (non-hydrogen) atoms. The second-order valence-corrected chi connectivity index (χ2v) is 13.5. The number of anilines is 2. The van der Waals surface area contributed by atoms with Gasteiger partial charge in [0.05, 0.1) is 6.10 Å². The third-order valence-electron chi connectivity index (χ3n) is 8.09. The van der Waals surface area contributed by atoms with Gasteiger partial charge in [-0.05, 0) is 44.7 Å². The van der Waals surface area contributed by atoms with Crippen LogP contribution < -0.4 is 10.6 Å². The second kappa shape index (κ2) is 14.2. The van der Waals surface area contributed by atoms with Crippen LogP contribution in [0.25, 0.3) is 0 Å². The highest BCUT2D eigenvalue weighted by Gasteiger charge is 2.49. The third-order valence-corrected chi connectivity index (χ3v) is 9.89. The normalized spacial score (nSPS) is 16.9. The minimum absolute atomic E-state index is 0.213. The average Bonchev–Trinajstić information content (AvgIpc) is 3.68. The lowest BCUT2D eigenvalue weighted by Crippen LogP contribution is -2.55. The summed E-state index contributed by atoms with van der Waals surface area (Å²) in [6.45, 7) is 5.60. The standard InChI is InChI=1S/C31H38N6O6S2/c1-19(24(38)20-13-7-5-8-14-20)29(2,41)25(39)32-27-36-34-22(44-27)17-11-12-18-23-35-37-28(45-23)33-26(40)31(4,43)30(3,42)21-15-9-6-10-16-21/h5-10,13-16,19,24,38,41-43H,11-12,17-18H2,1-4H3,(H,32,36,39)(H,33,37,40). The molecule has 0 saturated heterocycles. The van der Waals surface area contributed by atoms with Crippen LogP contribution in [-0.2, 0) is 28.0 Å². The van der Waals surface area contributed by atoms with E-state index < -0.39 is 40.6 Å². The number of rotatable bonds is 14. The van der Waals surface area contributed by atoms with E-state index in [2.05, 4.69) is 31.0 Å². The fourth-order valence-electron chi connectivity index (χ4n) is 4.52. The molecule has 0 radical (unpaired) electrons. The van der Waals surface area contributed by atoms with Crippen molar-refractivity contribution in [2.45, 2.75) is 76.3 Å². The summed E-state index contributed by atoms with van der Waals surface area (Å²) >= 11 is 2.39. The van der Waals surface area contributed by atoms with E-state index in [4.69, 9.17) is 0 Å².